The van der Waals surface area contributed by atoms with Crippen LogP contribution in [0, 0.1) is 0 Å². The van der Waals surface area contributed by atoms with E-state index in [-0.39, 0.29) is 0 Å². The lowest BCUT2D eigenvalue weighted by Gasteiger charge is -2.07. The summed E-state index contributed by atoms with van der Waals surface area (Å²) in [5.74, 6) is 0.660. The summed E-state index contributed by atoms with van der Waals surface area (Å²) < 4.78 is 0. The van der Waals surface area contributed by atoms with Crippen LogP contribution in [0.5, 0.6) is 0 Å². The van der Waals surface area contributed by atoms with Gasteiger partial charge in [-0.15, -0.1) is 0 Å². The van der Waals surface area contributed by atoms with Crippen molar-refractivity contribution in [2.75, 3.05) is 0 Å². The zero-order valence-electron chi connectivity index (χ0n) is 8.46. The molecule has 66 valence electrons. The van der Waals surface area contributed by atoms with Gasteiger partial charge in [0.1, 0.15) is 0 Å². The van der Waals surface area contributed by atoms with Crippen molar-refractivity contribution >= 4 is 14.0 Å². The third-order valence-corrected chi connectivity index (χ3v) is 3.99. The molecule has 0 unspecified atom stereocenters. The fraction of sp³-hybridized carbons (Fsp3) is 0.455. The predicted molar refractivity (Wildman–Crippen MR) is 59.0 cm³/mol. The maximum absolute atomic E-state index is 2.37. The lowest BCUT2D eigenvalue weighted by atomic mass is 10.0. The van der Waals surface area contributed by atoms with Crippen LogP contribution in [-0.4, -0.2) is 8.80 Å². The minimum absolute atomic E-state index is 0.581. The largest absolute Gasteiger partial charge is 0.0682 e. The van der Waals surface area contributed by atoms with E-state index in [1.54, 1.807) is 5.19 Å². The summed E-state index contributed by atoms with van der Waals surface area (Å²) in [6.07, 6.45) is 0. The van der Waals surface area contributed by atoms with Gasteiger partial charge in [0.15, 0.2) is 0 Å². The van der Waals surface area contributed by atoms with E-state index in [2.05, 4.69) is 51.2 Å². The van der Waals surface area contributed by atoms with Gasteiger partial charge in [0.2, 0.25) is 0 Å². The number of hydrogen-bond donors (Lipinski definition) is 0. The molecule has 0 radical (unpaired) electrons. The number of benzene rings is 1. The van der Waals surface area contributed by atoms with Crippen molar-refractivity contribution in [2.45, 2.75) is 32.9 Å². The van der Waals surface area contributed by atoms with Crippen molar-refractivity contribution in [3.8, 4) is 0 Å². The van der Waals surface area contributed by atoms with E-state index in [1.165, 1.54) is 5.56 Å². The highest BCUT2D eigenvalue weighted by atomic mass is 28.3. The van der Waals surface area contributed by atoms with E-state index in [9.17, 15) is 0 Å². The van der Waals surface area contributed by atoms with Gasteiger partial charge in [-0.3, -0.25) is 0 Å². The second-order valence-electron chi connectivity index (χ2n) is 3.98. The van der Waals surface area contributed by atoms with Gasteiger partial charge < -0.3 is 0 Å². The Morgan fingerprint density at radius 3 is 1.83 bits per heavy atom. The first-order chi connectivity index (χ1) is 5.61. The first kappa shape index (κ1) is 9.52. The molecule has 0 heterocycles. The van der Waals surface area contributed by atoms with Crippen molar-refractivity contribution < 1.29 is 0 Å². The second kappa shape index (κ2) is 3.90. The highest BCUT2D eigenvalue weighted by Gasteiger charge is 2.01. The predicted octanol–water partition coefficient (Wildman–Crippen LogP) is 2.50. The topological polar surface area (TPSA) is 0 Å². The van der Waals surface area contributed by atoms with Gasteiger partial charge in [-0.2, -0.15) is 0 Å². The first-order valence-electron chi connectivity index (χ1n) is 4.71. The van der Waals surface area contributed by atoms with Crippen molar-refractivity contribution in [1.82, 2.24) is 0 Å². The Morgan fingerprint density at radius 1 is 1.00 bits per heavy atom. The summed E-state index contributed by atoms with van der Waals surface area (Å²) in [7, 11) is -0.581. The van der Waals surface area contributed by atoms with Gasteiger partial charge in [-0.25, -0.2) is 0 Å². The van der Waals surface area contributed by atoms with E-state index in [4.69, 9.17) is 0 Å². The fourth-order valence-electron chi connectivity index (χ4n) is 1.27. The molecule has 0 bridgehead atoms. The number of hydrogen-bond acceptors (Lipinski definition) is 0. The molecule has 0 saturated heterocycles. The van der Waals surface area contributed by atoms with E-state index in [0.29, 0.717) is 5.92 Å². The molecule has 1 rings (SSSR count). The summed E-state index contributed by atoms with van der Waals surface area (Å²) in [4.78, 5) is 0. The zero-order chi connectivity index (χ0) is 9.14. The Kier molecular flexibility index (Phi) is 3.10. The Morgan fingerprint density at radius 2 is 1.50 bits per heavy atom. The molecule has 0 aromatic heterocycles. The third-order valence-electron chi connectivity index (χ3n) is 2.27. The molecule has 0 fully saturated rings. The molecule has 12 heavy (non-hydrogen) atoms. The maximum atomic E-state index is 2.37. The fourth-order valence-corrected chi connectivity index (χ4v) is 2.23. The van der Waals surface area contributed by atoms with Gasteiger partial charge in [0, 0.05) is 0 Å². The molecule has 0 amide bonds. The summed E-state index contributed by atoms with van der Waals surface area (Å²) in [5.41, 5.74) is 1.45. The highest BCUT2D eigenvalue weighted by molar-refractivity contribution is 6.70. The quantitative estimate of drug-likeness (QED) is 0.610. The Labute approximate surface area is 77.2 Å². The van der Waals surface area contributed by atoms with Gasteiger partial charge in [0.25, 0.3) is 0 Å². The standard InChI is InChI=1S/C11H18Si/c1-9(2)10-5-7-11(8-6-10)12(3)4/h5-9,12H,1-4H3. The van der Waals surface area contributed by atoms with Crippen LogP contribution in [0.3, 0.4) is 0 Å². The second-order valence-corrected chi connectivity index (χ2v) is 6.95. The average molecular weight is 178 g/mol. The maximum Gasteiger partial charge on any atom is 0.0647 e. The molecule has 1 heteroatoms. The molecule has 0 aliphatic rings. The molecule has 0 spiro atoms. The monoisotopic (exact) mass is 178 g/mol. The normalized spacial score (nSPS) is 11.2. The van der Waals surface area contributed by atoms with Gasteiger partial charge in [-0.1, -0.05) is 56.4 Å². The van der Waals surface area contributed by atoms with Crippen molar-refractivity contribution in [3.63, 3.8) is 0 Å². The lowest BCUT2D eigenvalue weighted by molar-refractivity contribution is 0.867. The summed E-state index contributed by atoms with van der Waals surface area (Å²) in [5, 5.41) is 1.57. The van der Waals surface area contributed by atoms with Crippen LogP contribution in [0.4, 0.5) is 0 Å². The summed E-state index contributed by atoms with van der Waals surface area (Å²) in [6, 6.07) is 9.14. The van der Waals surface area contributed by atoms with Gasteiger partial charge in [-0.05, 0) is 11.5 Å². The van der Waals surface area contributed by atoms with E-state index < -0.39 is 8.80 Å². The minimum atomic E-state index is -0.581. The van der Waals surface area contributed by atoms with Crippen molar-refractivity contribution in [2.24, 2.45) is 0 Å². The zero-order valence-corrected chi connectivity index (χ0v) is 9.62. The highest BCUT2D eigenvalue weighted by Crippen LogP contribution is 2.11. The van der Waals surface area contributed by atoms with E-state index in [1.807, 2.05) is 0 Å². The van der Waals surface area contributed by atoms with Crippen LogP contribution >= 0.6 is 0 Å². The van der Waals surface area contributed by atoms with Crippen LogP contribution in [0.1, 0.15) is 25.3 Å². The van der Waals surface area contributed by atoms with Gasteiger partial charge >= 0.3 is 0 Å². The Hall–Kier alpha value is -0.563. The third kappa shape index (κ3) is 2.21. The van der Waals surface area contributed by atoms with Crippen molar-refractivity contribution in [3.05, 3.63) is 29.8 Å². The minimum Gasteiger partial charge on any atom is -0.0682 e. The Bertz CT molecular complexity index is 207. The number of rotatable bonds is 2. The summed E-state index contributed by atoms with van der Waals surface area (Å²) in [6.45, 7) is 9.21. The molecule has 0 aliphatic carbocycles. The Balaban J connectivity index is 2.86. The van der Waals surface area contributed by atoms with Crippen molar-refractivity contribution in [1.29, 1.82) is 0 Å². The molecule has 0 saturated carbocycles. The SMILES string of the molecule is CC(C)c1ccc([SiH](C)C)cc1. The average Bonchev–Trinajstić information content (AvgIpc) is 2.04. The molecule has 0 N–H and O–H groups in total. The van der Waals surface area contributed by atoms with Crippen LogP contribution in [0.2, 0.25) is 13.1 Å². The molecular weight excluding hydrogens is 160 g/mol. The van der Waals surface area contributed by atoms with Crippen LogP contribution < -0.4 is 5.19 Å². The van der Waals surface area contributed by atoms with Gasteiger partial charge in [0.05, 0.1) is 8.80 Å². The van der Waals surface area contributed by atoms with Crippen LogP contribution in [0.25, 0.3) is 0 Å². The smallest absolute Gasteiger partial charge is 0.0647 e. The lowest BCUT2D eigenvalue weighted by Crippen LogP contribution is -2.21. The molecule has 1 aromatic rings. The van der Waals surface area contributed by atoms with Crippen LogP contribution in [0.15, 0.2) is 24.3 Å². The molecule has 0 nitrogen and oxygen atoms in total. The molecule has 0 aliphatic heterocycles. The first-order valence-corrected chi connectivity index (χ1v) is 7.59. The van der Waals surface area contributed by atoms with E-state index in [0.717, 1.165) is 0 Å². The molecular formula is C11H18Si. The summed E-state index contributed by atoms with van der Waals surface area (Å²) >= 11 is 0. The van der Waals surface area contributed by atoms with E-state index >= 15 is 0 Å². The molecule has 0 atom stereocenters. The van der Waals surface area contributed by atoms with Crippen LogP contribution in [-0.2, 0) is 0 Å². The molecule has 1 aromatic carbocycles.